The minimum atomic E-state index is 0.0156. The van der Waals surface area contributed by atoms with E-state index in [2.05, 4.69) is 36.4 Å². The number of aliphatic imine (C=N–C) groups is 1. The molecule has 0 spiro atoms. The number of carbonyl (C=O) groups is 1. The van der Waals surface area contributed by atoms with Gasteiger partial charge in [-0.1, -0.05) is 19.1 Å². The third-order valence-electron chi connectivity index (χ3n) is 3.37. The number of hydrogen-bond acceptors (Lipinski definition) is 2. The van der Waals surface area contributed by atoms with E-state index in [4.69, 9.17) is 0 Å². The van der Waals surface area contributed by atoms with E-state index in [1.807, 2.05) is 24.3 Å². The molecule has 1 aromatic rings. The third kappa shape index (κ3) is 5.76. The molecule has 1 atom stereocenters. The van der Waals surface area contributed by atoms with Gasteiger partial charge in [0.25, 0.3) is 5.91 Å². The average Bonchev–Trinajstić information content (AvgIpc) is 2.52. The Hall–Kier alpha value is -2.04. The Morgan fingerprint density at radius 1 is 1.23 bits per heavy atom. The first kappa shape index (κ1) is 18.0. The summed E-state index contributed by atoms with van der Waals surface area (Å²) in [6, 6.07) is 7.99. The van der Waals surface area contributed by atoms with Gasteiger partial charge in [0, 0.05) is 32.2 Å². The highest BCUT2D eigenvalue weighted by Crippen LogP contribution is 2.07. The highest BCUT2D eigenvalue weighted by atomic mass is 16.2. The lowest BCUT2D eigenvalue weighted by Crippen LogP contribution is -2.41. The number of rotatable bonds is 6. The quantitative estimate of drug-likeness (QED) is 0.626. The van der Waals surface area contributed by atoms with Crippen LogP contribution < -0.4 is 10.6 Å². The van der Waals surface area contributed by atoms with Crippen molar-refractivity contribution in [3.05, 3.63) is 35.4 Å². The molecule has 1 rings (SSSR count). The monoisotopic (exact) mass is 304 g/mol. The van der Waals surface area contributed by atoms with Crippen molar-refractivity contribution in [2.45, 2.75) is 39.8 Å². The molecule has 0 saturated heterocycles. The molecular weight excluding hydrogens is 276 g/mol. The van der Waals surface area contributed by atoms with Gasteiger partial charge in [0.1, 0.15) is 0 Å². The molecule has 2 N–H and O–H groups in total. The standard InChI is InChI=1S/C17H28N4O/c1-6-13(3)20-17(18-7-2)19-12-14-8-10-15(11-9-14)16(22)21(4)5/h8-11,13H,6-7,12H2,1-5H3,(H2,18,19,20). The number of guanidine groups is 1. The smallest absolute Gasteiger partial charge is 0.253 e. The number of carbonyl (C=O) groups excluding carboxylic acids is 1. The second kappa shape index (κ2) is 9.07. The summed E-state index contributed by atoms with van der Waals surface area (Å²) in [4.78, 5) is 18.0. The fraction of sp³-hybridized carbons (Fsp3) is 0.529. The van der Waals surface area contributed by atoms with Gasteiger partial charge in [0.15, 0.2) is 5.96 Å². The second-order valence-electron chi connectivity index (χ2n) is 5.55. The molecule has 1 aromatic carbocycles. The minimum absolute atomic E-state index is 0.0156. The molecule has 1 amide bonds. The predicted octanol–water partition coefficient (Wildman–Crippen LogP) is 2.24. The fourth-order valence-corrected chi connectivity index (χ4v) is 1.84. The van der Waals surface area contributed by atoms with Gasteiger partial charge >= 0.3 is 0 Å². The Morgan fingerprint density at radius 2 is 1.86 bits per heavy atom. The van der Waals surface area contributed by atoms with E-state index in [1.165, 1.54) is 0 Å². The number of amides is 1. The average molecular weight is 304 g/mol. The molecule has 0 bridgehead atoms. The van der Waals surface area contributed by atoms with Crippen LogP contribution in [0.15, 0.2) is 29.3 Å². The third-order valence-corrected chi connectivity index (χ3v) is 3.37. The molecular formula is C17H28N4O. The summed E-state index contributed by atoms with van der Waals surface area (Å²) >= 11 is 0. The van der Waals surface area contributed by atoms with Crippen LogP contribution in [-0.4, -0.2) is 43.4 Å². The lowest BCUT2D eigenvalue weighted by Gasteiger charge is -2.16. The van der Waals surface area contributed by atoms with E-state index in [-0.39, 0.29) is 5.91 Å². The van der Waals surface area contributed by atoms with Crippen LogP contribution in [0.4, 0.5) is 0 Å². The molecule has 5 nitrogen and oxygen atoms in total. The maximum absolute atomic E-state index is 11.8. The zero-order valence-corrected chi connectivity index (χ0v) is 14.3. The van der Waals surface area contributed by atoms with Gasteiger partial charge in [0.2, 0.25) is 0 Å². The van der Waals surface area contributed by atoms with Gasteiger partial charge in [-0.25, -0.2) is 4.99 Å². The summed E-state index contributed by atoms with van der Waals surface area (Å²) in [5.74, 6) is 0.840. The molecule has 0 saturated carbocycles. The molecule has 0 aliphatic rings. The van der Waals surface area contributed by atoms with Gasteiger partial charge < -0.3 is 15.5 Å². The van der Waals surface area contributed by atoms with Gasteiger partial charge in [-0.15, -0.1) is 0 Å². The molecule has 0 aliphatic carbocycles. The Bertz CT molecular complexity index is 494. The number of nitrogens with one attached hydrogen (secondary N) is 2. The highest BCUT2D eigenvalue weighted by Gasteiger charge is 2.07. The Balaban J connectivity index is 2.71. The highest BCUT2D eigenvalue weighted by molar-refractivity contribution is 5.93. The van der Waals surface area contributed by atoms with E-state index in [9.17, 15) is 4.79 Å². The summed E-state index contributed by atoms with van der Waals surface area (Å²) in [6.07, 6.45) is 1.05. The van der Waals surface area contributed by atoms with Crippen molar-refractivity contribution in [3.8, 4) is 0 Å². The molecule has 122 valence electrons. The summed E-state index contributed by atoms with van der Waals surface area (Å²) in [6.45, 7) is 7.74. The second-order valence-corrected chi connectivity index (χ2v) is 5.55. The lowest BCUT2D eigenvalue weighted by molar-refractivity contribution is 0.0827. The fourth-order valence-electron chi connectivity index (χ4n) is 1.84. The molecule has 1 unspecified atom stereocenters. The SMILES string of the molecule is CCNC(=NCc1ccc(C(=O)N(C)C)cc1)NC(C)CC. The van der Waals surface area contributed by atoms with Crippen molar-refractivity contribution in [2.24, 2.45) is 4.99 Å². The number of benzene rings is 1. The van der Waals surface area contributed by atoms with Crippen molar-refractivity contribution in [1.29, 1.82) is 0 Å². The molecule has 0 heterocycles. The van der Waals surface area contributed by atoms with Crippen LogP contribution in [0.25, 0.3) is 0 Å². The topological polar surface area (TPSA) is 56.7 Å². The largest absolute Gasteiger partial charge is 0.357 e. The van der Waals surface area contributed by atoms with Crippen LogP contribution in [-0.2, 0) is 6.54 Å². The first-order valence-corrected chi connectivity index (χ1v) is 7.83. The van der Waals surface area contributed by atoms with Crippen molar-refractivity contribution in [1.82, 2.24) is 15.5 Å². The molecule has 5 heteroatoms. The molecule has 0 fully saturated rings. The van der Waals surface area contributed by atoms with Crippen molar-refractivity contribution < 1.29 is 4.79 Å². The van der Waals surface area contributed by atoms with Crippen LogP contribution in [0.1, 0.15) is 43.1 Å². The van der Waals surface area contributed by atoms with Crippen molar-refractivity contribution in [2.75, 3.05) is 20.6 Å². The van der Waals surface area contributed by atoms with Crippen LogP contribution in [0, 0.1) is 0 Å². The lowest BCUT2D eigenvalue weighted by atomic mass is 10.1. The summed E-state index contributed by atoms with van der Waals surface area (Å²) in [7, 11) is 3.51. The van der Waals surface area contributed by atoms with Crippen molar-refractivity contribution >= 4 is 11.9 Å². The number of hydrogen-bond donors (Lipinski definition) is 2. The molecule has 0 radical (unpaired) electrons. The maximum Gasteiger partial charge on any atom is 0.253 e. The van der Waals surface area contributed by atoms with Crippen LogP contribution >= 0.6 is 0 Å². The first-order valence-electron chi connectivity index (χ1n) is 7.83. The zero-order chi connectivity index (χ0) is 16.5. The summed E-state index contributed by atoms with van der Waals surface area (Å²) in [5, 5.41) is 6.60. The van der Waals surface area contributed by atoms with E-state index >= 15 is 0 Å². The number of nitrogens with zero attached hydrogens (tertiary/aromatic N) is 2. The maximum atomic E-state index is 11.8. The van der Waals surface area contributed by atoms with Gasteiger partial charge in [-0.05, 0) is 38.0 Å². The predicted molar refractivity (Wildman–Crippen MR) is 92.2 cm³/mol. The van der Waals surface area contributed by atoms with E-state index in [0.717, 1.165) is 24.5 Å². The van der Waals surface area contributed by atoms with Gasteiger partial charge in [-0.2, -0.15) is 0 Å². The summed E-state index contributed by atoms with van der Waals surface area (Å²) < 4.78 is 0. The van der Waals surface area contributed by atoms with E-state index in [1.54, 1.807) is 19.0 Å². The van der Waals surface area contributed by atoms with Crippen LogP contribution in [0.2, 0.25) is 0 Å². The summed E-state index contributed by atoms with van der Waals surface area (Å²) in [5.41, 5.74) is 1.78. The van der Waals surface area contributed by atoms with E-state index in [0.29, 0.717) is 18.2 Å². The van der Waals surface area contributed by atoms with Gasteiger partial charge in [-0.3, -0.25) is 4.79 Å². The Morgan fingerprint density at radius 3 is 2.36 bits per heavy atom. The minimum Gasteiger partial charge on any atom is -0.357 e. The van der Waals surface area contributed by atoms with Crippen LogP contribution in [0.3, 0.4) is 0 Å². The molecule has 0 aliphatic heterocycles. The molecule has 0 aromatic heterocycles. The molecule has 22 heavy (non-hydrogen) atoms. The van der Waals surface area contributed by atoms with E-state index < -0.39 is 0 Å². The first-order chi connectivity index (χ1) is 10.5. The Kier molecular flexibility index (Phi) is 7.43. The Labute approximate surface area is 133 Å². The van der Waals surface area contributed by atoms with Gasteiger partial charge in [0.05, 0.1) is 6.54 Å². The zero-order valence-electron chi connectivity index (χ0n) is 14.3. The van der Waals surface area contributed by atoms with Crippen molar-refractivity contribution in [3.63, 3.8) is 0 Å². The normalized spacial score (nSPS) is 12.7. The van der Waals surface area contributed by atoms with Crippen LogP contribution in [0.5, 0.6) is 0 Å².